The van der Waals surface area contributed by atoms with Crippen molar-refractivity contribution in [1.82, 2.24) is 0 Å². The van der Waals surface area contributed by atoms with Crippen molar-refractivity contribution < 1.29 is 14.3 Å². The molecule has 0 aliphatic carbocycles. The van der Waals surface area contributed by atoms with Crippen molar-refractivity contribution in [2.24, 2.45) is 4.99 Å². The van der Waals surface area contributed by atoms with Gasteiger partial charge >= 0.3 is 0 Å². The maximum absolute atomic E-state index is 12.9. The van der Waals surface area contributed by atoms with Crippen LogP contribution >= 0.6 is 11.8 Å². The monoisotopic (exact) mass is 295 g/mol. The predicted octanol–water partition coefficient (Wildman–Crippen LogP) is 3.13. The molecule has 108 valence electrons. The Bertz CT molecular complexity index is 541. The van der Waals surface area contributed by atoms with Gasteiger partial charge in [0.1, 0.15) is 10.6 Å². The summed E-state index contributed by atoms with van der Waals surface area (Å²) in [7, 11) is 0. The van der Waals surface area contributed by atoms with Gasteiger partial charge < -0.3 is 5.11 Å². The molecule has 3 atom stereocenters. The van der Waals surface area contributed by atoms with E-state index in [0.29, 0.717) is 6.42 Å². The van der Waals surface area contributed by atoms with Gasteiger partial charge in [0.15, 0.2) is 0 Å². The van der Waals surface area contributed by atoms with E-state index in [9.17, 15) is 14.3 Å². The van der Waals surface area contributed by atoms with Crippen molar-refractivity contribution in [2.45, 2.75) is 44.0 Å². The lowest BCUT2D eigenvalue weighted by Crippen LogP contribution is -2.38. The number of benzene rings is 1. The standard InChI is InChI=1S/C15H18FNO2S/c1-9(11-4-6-12(16)7-5-11)8-13-17-14(19)15(3,20-13)10(2)18/h4-7,9-10,18H,8H2,1-3H3/t9-,10+,15-/m1/s1. The molecule has 0 unspecified atom stereocenters. The molecule has 0 bridgehead atoms. The van der Waals surface area contributed by atoms with Crippen molar-refractivity contribution in [1.29, 1.82) is 0 Å². The largest absolute Gasteiger partial charge is 0.391 e. The molecule has 1 aromatic rings. The van der Waals surface area contributed by atoms with Crippen LogP contribution in [0.3, 0.4) is 0 Å². The lowest BCUT2D eigenvalue weighted by atomic mass is 9.98. The number of aliphatic hydroxyl groups excluding tert-OH is 1. The summed E-state index contributed by atoms with van der Waals surface area (Å²) >= 11 is 1.33. The minimum absolute atomic E-state index is 0.144. The molecular weight excluding hydrogens is 277 g/mol. The van der Waals surface area contributed by atoms with E-state index in [1.165, 1.54) is 23.9 Å². The quantitative estimate of drug-likeness (QED) is 0.928. The van der Waals surface area contributed by atoms with Crippen LogP contribution in [0.1, 0.15) is 38.7 Å². The second-order valence-electron chi connectivity index (χ2n) is 5.35. The van der Waals surface area contributed by atoms with Crippen LogP contribution in [0, 0.1) is 5.82 Å². The third kappa shape index (κ3) is 2.94. The number of halogens is 1. The van der Waals surface area contributed by atoms with Gasteiger partial charge in [-0.15, -0.1) is 0 Å². The number of carbonyl (C=O) groups is 1. The van der Waals surface area contributed by atoms with E-state index in [1.807, 2.05) is 6.92 Å². The van der Waals surface area contributed by atoms with E-state index in [-0.39, 0.29) is 17.6 Å². The molecule has 0 aromatic heterocycles. The van der Waals surface area contributed by atoms with E-state index in [2.05, 4.69) is 4.99 Å². The van der Waals surface area contributed by atoms with E-state index < -0.39 is 10.9 Å². The third-order valence-electron chi connectivity index (χ3n) is 3.70. The van der Waals surface area contributed by atoms with Crippen molar-refractivity contribution >= 4 is 22.7 Å². The van der Waals surface area contributed by atoms with E-state index in [0.717, 1.165) is 10.6 Å². The van der Waals surface area contributed by atoms with Crippen LogP contribution in [0.25, 0.3) is 0 Å². The summed E-state index contributed by atoms with van der Waals surface area (Å²) in [5, 5.41) is 10.5. The number of thioether (sulfide) groups is 1. The van der Waals surface area contributed by atoms with Crippen molar-refractivity contribution in [3.63, 3.8) is 0 Å². The zero-order valence-corrected chi connectivity index (χ0v) is 12.6. The van der Waals surface area contributed by atoms with Crippen LogP contribution in [0.15, 0.2) is 29.3 Å². The molecule has 0 radical (unpaired) electrons. The Morgan fingerprint density at radius 3 is 2.45 bits per heavy atom. The first-order valence-electron chi connectivity index (χ1n) is 6.57. The fourth-order valence-corrected chi connectivity index (χ4v) is 3.31. The third-order valence-corrected chi connectivity index (χ3v) is 5.13. The summed E-state index contributed by atoms with van der Waals surface area (Å²) in [6, 6.07) is 6.35. The van der Waals surface area contributed by atoms with Crippen LogP contribution in [0.2, 0.25) is 0 Å². The van der Waals surface area contributed by atoms with Crippen LogP contribution < -0.4 is 0 Å². The van der Waals surface area contributed by atoms with Gasteiger partial charge in [0.05, 0.1) is 11.1 Å². The van der Waals surface area contributed by atoms with Gasteiger partial charge in [0, 0.05) is 6.42 Å². The highest BCUT2D eigenvalue weighted by molar-refractivity contribution is 8.16. The molecule has 3 nitrogen and oxygen atoms in total. The number of carbonyl (C=O) groups excluding carboxylic acids is 1. The van der Waals surface area contributed by atoms with Crippen LogP contribution in [0.5, 0.6) is 0 Å². The number of nitrogens with zero attached hydrogens (tertiary/aromatic N) is 1. The summed E-state index contributed by atoms with van der Waals surface area (Å²) in [4.78, 5) is 15.9. The molecule has 1 aliphatic heterocycles. The minimum atomic E-state index is -0.877. The normalized spacial score (nSPS) is 25.4. The Labute approximate surface area is 122 Å². The highest BCUT2D eigenvalue weighted by Gasteiger charge is 2.44. The number of aliphatic imine (C=N–C) groups is 1. The van der Waals surface area contributed by atoms with Crippen molar-refractivity contribution in [2.75, 3.05) is 0 Å². The number of amides is 1. The summed E-state index contributed by atoms with van der Waals surface area (Å²) < 4.78 is 12.0. The zero-order valence-electron chi connectivity index (χ0n) is 11.8. The molecule has 2 rings (SSSR count). The summed E-state index contributed by atoms with van der Waals surface area (Å²) in [6.07, 6.45) is -0.132. The molecule has 0 saturated carbocycles. The predicted molar refractivity (Wildman–Crippen MR) is 79.6 cm³/mol. The molecule has 0 spiro atoms. The van der Waals surface area contributed by atoms with E-state index in [4.69, 9.17) is 0 Å². The van der Waals surface area contributed by atoms with Gasteiger partial charge in [-0.1, -0.05) is 30.8 Å². The van der Waals surface area contributed by atoms with Gasteiger partial charge in [-0.25, -0.2) is 9.38 Å². The average molecular weight is 295 g/mol. The summed E-state index contributed by atoms with van der Waals surface area (Å²) in [6.45, 7) is 5.33. The number of hydrogen-bond acceptors (Lipinski definition) is 3. The summed E-state index contributed by atoms with van der Waals surface area (Å²) in [5.41, 5.74) is 1.01. The van der Waals surface area contributed by atoms with Crippen molar-refractivity contribution in [3.05, 3.63) is 35.6 Å². The molecule has 1 N–H and O–H groups in total. The fourth-order valence-electron chi connectivity index (χ4n) is 2.06. The molecule has 0 saturated heterocycles. The SMILES string of the molecule is C[C@H](CC1=NC(=O)[C@@](C)([C@H](C)O)S1)c1ccc(F)cc1. The lowest BCUT2D eigenvalue weighted by Gasteiger charge is -2.23. The highest BCUT2D eigenvalue weighted by atomic mass is 32.2. The molecule has 20 heavy (non-hydrogen) atoms. The Hall–Kier alpha value is -1.20. The zero-order chi connectivity index (χ0) is 14.9. The number of rotatable bonds is 4. The maximum atomic E-state index is 12.9. The number of hydrogen-bond donors (Lipinski definition) is 1. The van der Waals surface area contributed by atoms with Crippen molar-refractivity contribution in [3.8, 4) is 0 Å². The fraction of sp³-hybridized carbons (Fsp3) is 0.467. The maximum Gasteiger partial charge on any atom is 0.265 e. The first-order chi connectivity index (χ1) is 9.33. The molecule has 0 fully saturated rings. The van der Waals surface area contributed by atoms with Crippen LogP contribution in [-0.4, -0.2) is 26.9 Å². The first kappa shape index (κ1) is 15.2. The van der Waals surface area contributed by atoms with Gasteiger partial charge in [-0.2, -0.15) is 0 Å². The van der Waals surface area contributed by atoms with E-state index in [1.54, 1.807) is 26.0 Å². The molecule has 1 aromatic carbocycles. The Kier molecular flexibility index (Phi) is 4.30. The topological polar surface area (TPSA) is 49.7 Å². The lowest BCUT2D eigenvalue weighted by molar-refractivity contribution is -0.121. The molecule has 1 aliphatic rings. The minimum Gasteiger partial charge on any atom is -0.391 e. The van der Waals surface area contributed by atoms with Crippen LogP contribution in [-0.2, 0) is 4.79 Å². The van der Waals surface area contributed by atoms with Crippen LogP contribution in [0.4, 0.5) is 4.39 Å². The molecule has 5 heteroatoms. The van der Waals surface area contributed by atoms with Gasteiger partial charge in [-0.05, 0) is 37.5 Å². The van der Waals surface area contributed by atoms with Gasteiger partial charge in [-0.3, -0.25) is 4.79 Å². The number of aliphatic hydroxyl groups is 1. The van der Waals surface area contributed by atoms with E-state index >= 15 is 0 Å². The average Bonchev–Trinajstić information content (AvgIpc) is 2.66. The molecule has 1 heterocycles. The van der Waals surface area contributed by atoms with Gasteiger partial charge in [0.25, 0.3) is 5.91 Å². The second-order valence-corrected chi connectivity index (χ2v) is 6.88. The Morgan fingerprint density at radius 1 is 1.35 bits per heavy atom. The Balaban J connectivity index is 2.06. The first-order valence-corrected chi connectivity index (χ1v) is 7.39. The molecule has 1 amide bonds. The highest BCUT2D eigenvalue weighted by Crippen LogP contribution is 2.39. The molecular formula is C15H18FNO2S. The summed E-state index contributed by atoms with van der Waals surface area (Å²) in [5.74, 6) is -0.393. The van der Waals surface area contributed by atoms with Gasteiger partial charge in [0.2, 0.25) is 0 Å². The second kappa shape index (κ2) is 5.66. The smallest absolute Gasteiger partial charge is 0.265 e. The Morgan fingerprint density at radius 2 is 1.95 bits per heavy atom.